The lowest BCUT2D eigenvalue weighted by molar-refractivity contribution is -0.384. The Labute approximate surface area is 182 Å². The molecule has 0 radical (unpaired) electrons. The van der Waals surface area contributed by atoms with E-state index in [0.717, 1.165) is 34.2 Å². The van der Waals surface area contributed by atoms with Crippen molar-refractivity contribution in [2.75, 3.05) is 12.4 Å². The fourth-order valence-corrected chi connectivity index (χ4v) is 5.03. The molecule has 2 heterocycles. The molecular weight excluding hydrogens is 412 g/mol. The molecule has 5 rings (SSSR count). The van der Waals surface area contributed by atoms with Crippen molar-refractivity contribution in [1.29, 1.82) is 0 Å². The van der Waals surface area contributed by atoms with Crippen LogP contribution in [0.4, 0.5) is 17.2 Å². The zero-order valence-electron chi connectivity index (χ0n) is 16.9. The van der Waals surface area contributed by atoms with E-state index in [1.54, 1.807) is 17.4 Å². The summed E-state index contributed by atoms with van der Waals surface area (Å²) in [4.78, 5) is 20.6. The highest BCUT2D eigenvalue weighted by atomic mass is 32.1. The fraction of sp³-hybridized carbons (Fsp3) is 0.217. The van der Waals surface area contributed by atoms with E-state index < -0.39 is 4.92 Å². The molecular formula is C23H20N4O3S. The van der Waals surface area contributed by atoms with Crippen molar-refractivity contribution >= 4 is 38.7 Å². The van der Waals surface area contributed by atoms with Crippen LogP contribution in [-0.2, 0) is 12.8 Å². The van der Waals surface area contributed by atoms with Crippen molar-refractivity contribution in [3.05, 3.63) is 69.3 Å². The average Bonchev–Trinajstić information content (AvgIpc) is 3.24. The average molecular weight is 433 g/mol. The Morgan fingerprint density at radius 2 is 1.94 bits per heavy atom. The van der Waals surface area contributed by atoms with Crippen LogP contribution in [0.1, 0.15) is 24.0 Å². The summed E-state index contributed by atoms with van der Waals surface area (Å²) in [6.45, 7) is 0. The van der Waals surface area contributed by atoms with E-state index in [-0.39, 0.29) is 5.69 Å². The summed E-state index contributed by atoms with van der Waals surface area (Å²) in [5.41, 5.74) is 5.50. The molecule has 1 aliphatic rings. The Hall–Kier alpha value is -3.52. The maximum atomic E-state index is 11.2. The molecule has 31 heavy (non-hydrogen) atoms. The molecule has 4 aromatic rings. The molecule has 0 saturated heterocycles. The van der Waals surface area contributed by atoms with Crippen molar-refractivity contribution in [2.45, 2.75) is 25.7 Å². The van der Waals surface area contributed by atoms with Gasteiger partial charge in [-0.15, -0.1) is 11.3 Å². The summed E-state index contributed by atoms with van der Waals surface area (Å²) >= 11 is 1.56. The van der Waals surface area contributed by atoms with E-state index in [1.807, 2.05) is 0 Å². The molecule has 0 spiro atoms. The zero-order valence-corrected chi connectivity index (χ0v) is 17.7. The Morgan fingerprint density at radius 1 is 1.10 bits per heavy atom. The Morgan fingerprint density at radius 3 is 2.74 bits per heavy atom. The van der Waals surface area contributed by atoms with Crippen molar-refractivity contribution in [2.24, 2.45) is 0 Å². The normalized spacial score (nSPS) is 13.1. The number of rotatable bonds is 5. The minimum atomic E-state index is -0.427. The number of fused-ring (bicyclic) bond motifs is 2. The Bertz CT molecular complexity index is 1300. The maximum absolute atomic E-state index is 11.2. The molecule has 0 saturated carbocycles. The van der Waals surface area contributed by atoms with Gasteiger partial charge in [0.05, 0.1) is 23.1 Å². The lowest BCUT2D eigenvalue weighted by Crippen LogP contribution is -2.02. The van der Waals surface area contributed by atoms with Gasteiger partial charge in [0.1, 0.15) is 22.7 Å². The van der Waals surface area contributed by atoms with Gasteiger partial charge in [-0.25, -0.2) is 9.97 Å². The van der Waals surface area contributed by atoms with Gasteiger partial charge in [0, 0.05) is 23.1 Å². The number of hydrogen-bond donors (Lipinski definition) is 1. The van der Waals surface area contributed by atoms with E-state index in [1.165, 1.54) is 49.5 Å². The van der Waals surface area contributed by atoms with Gasteiger partial charge in [0.15, 0.2) is 0 Å². The van der Waals surface area contributed by atoms with Gasteiger partial charge in [-0.2, -0.15) is 0 Å². The third-order valence-electron chi connectivity index (χ3n) is 5.68. The number of nitro groups is 1. The predicted octanol–water partition coefficient (Wildman–Crippen LogP) is 5.90. The maximum Gasteiger partial charge on any atom is 0.271 e. The van der Waals surface area contributed by atoms with E-state index in [4.69, 9.17) is 4.74 Å². The number of nitrogens with one attached hydrogen (secondary N) is 1. The molecule has 0 aliphatic heterocycles. The third kappa shape index (κ3) is 3.59. The third-order valence-corrected chi connectivity index (χ3v) is 6.56. The molecule has 0 amide bonds. The standard InChI is InChI=1S/C23H20N4O3S/c1-30-20-9-8-17(27(28)29)11-19(20)26-22-21-18(12-31-23(21)25-13-24-22)16-7-6-14-4-2-3-5-15(14)10-16/h6-13H,2-5H2,1H3,(H,24,25,26). The van der Waals surface area contributed by atoms with Gasteiger partial charge in [-0.3, -0.25) is 10.1 Å². The van der Waals surface area contributed by atoms with Crippen molar-refractivity contribution < 1.29 is 9.66 Å². The summed E-state index contributed by atoms with van der Waals surface area (Å²) in [5, 5.41) is 17.5. The highest BCUT2D eigenvalue weighted by Crippen LogP contribution is 2.40. The van der Waals surface area contributed by atoms with E-state index in [0.29, 0.717) is 17.3 Å². The number of non-ortho nitro benzene ring substituents is 1. The van der Waals surface area contributed by atoms with E-state index in [9.17, 15) is 10.1 Å². The smallest absolute Gasteiger partial charge is 0.271 e. The number of ether oxygens (including phenoxy) is 1. The minimum absolute atomic E-state index is 0.0196. The molecule has 8 heteroatoms. The molecule has 1 N–H and O–H groups in total. The molecule has 1 aliphatic carbocycles. The van der Waals surface area contributed by atoms with Crippen LogP contribution in [0.5, 0.6) is 5.75 Å². The first-order chi connectivity index (χ1) is 15.1. The number of methoxy groups -OCH3 is 1. The first kappa shape index (κ1) is 19.4. The number of anilines is 2. The van der Waals surface area contributed by atoms with Gasteiger partial charge < -0.3 is 10.1 Å². The Balaban J connectivity index is 1.61. The van der Waals surface area contributed by atoms with Crippen LogP contribution >= 0.6 is 11.3 Å². The highest BCUT2D eigenvalue weighted by molar-refractivity contribution is 7.17. The van der Waals surface area contributed by atoms with Crippen LogP contribution in [0.15, 0.2) is 48.1 Å². The van der Waals surface area contributed by atoms with Crippen LogP contribution in [0.3, 0.4) is 0 Å². The van der Waals surface area contributed by atoms with Gasteiger partial charge in [-0.05, 0) is 48.4 Å². The second-order valence-electron chi connectivity index (χ2n) is 7.51. The van der Waals surface area contributed by atoms with E-state index >= 15 is 0 Å². The molecule has 7 nitrogen and oxygen atoms in total. The second kappa shape index (κ2) is 7.96. The lowest BCUT2D eigenvalue weighted by atomic mass is 9.89. The van der Waals surface area contributed by atoms with Crippen LogP contribution in [0, 0.1) is 10.1 Å². The molecule has 0 atom stereocenters. The number of hydrogen-bond acceptors (Lipinski definition) is 7. The summed E-state index contributed by atoms with van der Waals surface area (Å²) < 4.78 is 5.40. The van der Waals surface area contributed by atoms with Gasteiger partial charge in [0.2, 0.25) is 0 Å². The summed E-state index contributed by atoms with van der Waals surface area (Å²) in [5.74, 6) is 1.10. The molecule has 0 fully saturated rings. The van der Waals surface area contributed by atoms with Gasteiger partial charge >= 0.3 is 0 Å². The molecule has 2 aromatic heterocycles. The van der Waals surface area contributed by atoms with Crippen molar-refractivity contribution in [3.8, 4) is 16.9 Å². The molecule has 156 valence electrons. The van der Waals surface area contributed by atoms with Crippen LogP contribution in [-0.4, -0.2) is 22.0 Å². The van der Waals surface area contributed by atoms with Crippen LogP contribution in [0.25, 0.3) is 21.3 Å². The number of benzene rings is 2. The molecule has 0 bridgehead atoms. The predicted molar refractivity (Wildman–Crippen MR) is 122 cm³/mol. The highest BCUT2D eigenvalue weighted by Gasteiger charge is 2.18. The number of nitro benzene ring substituents is 1. The number of aromatic nitrogens is 2. The lowest BCUT2D eigenvalue weighted by Gasteiger charge is -2.17. The largest absolute Gasteiger partial charge is 0.495 e. The topological polar surface area (TPSA) is 90.2 Å². The monoisotopic (exact) mass is 432 g/mol. The van der Waals surface area contributed by atoms with Gasteiger partial charge in [-0.1, -0.05) is 18.2 Å². The minimum Gasteiger partial charge on any atom is -0.495 e. The number of thiophene rings is 1. The second-order valence-corrected chi connectivity index (χ2v) is 8.37. The quantitative estimate of drug-likeness (QED) is 0.312. The first-order valence-electron chi connectivity index (χ1n) is 10.1. The summed E-state index contributed by atoms with van der Waals surface area (Å²) in [6.07, 6.45) is 6.23. The zero-order chi connectivity index (χ0) is 21.4. The number of nitrogens with zero attached hydrogens (tertiary/aromatic N) is 3. The van der Waals surface area contributed by atoms with E-state index in [2.05, 4.69) is 38.9 Å². The fourth-order valence-electron chi connectivity index (χ4n) is 4.12. The Kier molecular flexibility index (Phi) is 4.99. The van der Waals surface area contributed by atoms with Crippen molar-refractivity contribution in [1.82, 2.24) is 9.97 Å². The van der Waals surface area contributed by atoms with Crippen molar-refractivity contribution in [3.63, 3.8) is 0 Å². The first-order valence-corrected chi connectivity index (χ1v) is 11.0. The summed E-state index contributed by atoms with van der Waals surface area (Å²) in [6, 6.07) is 11.1. The van der Waals surface area contributed by atoms with Crippen LogP contribution in [0.2, 0.25) is 0 Å². The summed E-state index contributed by atoms with van der Waals surface area (Å²) in [7, 11) is 1.53. The molecule has 0 unspecified atom stereocenters. The van der Waals surface area contributed by atoms with Crippen LogP contribution < -0.4 is 10.1 Å². The SMILES string of the molecule is COc1ccc([N+](=O)[O-])cc1Nc1ncnc2scc(-c3ccc4c(c3)CCCC4)c12. The van der Waals surface area contributed by atoms with Gasteiger partial charge in [0.25, 0.3) is 5.69 Å². The molecule has 2 aromatic carbocycles. The number of aryl methyl sites for hydroxylation is 2.